The smallest absolute Gasteiger partial charge is 0.279 e. The van der Waals surface area contributed by atoms with E-state index in [0.717, 1.165) is 40.3 Å². The predicted octanol–water partition coefficient (Wildman–Crippen LogP) is 3.73. The van der Waals surface area contributed by atoms with E-state index in [1.54, 1.807) is 47.8 Å². The van der Waals surface area contributed by atoms with Crippen molar-refractivity contribution in [2.24, 2.45) is 4.99 Å². The van der Waals surface area contributed by atoms with Gasteiger partial charge in [0.2, 0.25) is 0 Å². The fraction of sp³-hybridized carbons (Fsp3) is 0.269. The van der Waals surface area contributed by atoms with E-state index in [4.69, 9.17) is 16.3 Å². The molecule has 13 heteroatoms. The Balaban J connectivity index is 1.40. The molecule has 0 fully saturated rings. The summed E-state index contributed by atoms with van der Waals surface area (Å²) in [6.07, 6.45) is 9.15. The molecule has 0 atom stereocenters. The highest BCUT2D eigenvalue weighted by Crippen LogP contribution is 2.32. The number of hydrogen-bond donors (Lipinski definition) is 1. The van der Waals surface area contributed by atoms with Gasteiger partial charge in [0.05, 0.1) is 30.1 Å². The number of hydrogen-bond acceptors (Lipinski definition) is 9. The number of aliphatic imine (C=N–C) groups is 1. The zero-order valence-corrected chi connectivity index (χ0v) is 22.1. The van der Waals surface area contributed by atoms with E-state index in [-0.39, 0.29) is 5.91 Å². The van der Waals surface area contributed by atoms with Gasteiger partial charge in [0.15, 0.2) is 17.3 Å². The number of nitrogens with one attached hydrogen (secondary N) is 1. The number of methoxy groups -OCH3 is 1. The van der Waals surface area contributed by atoms with Crippen LogP contribution in [-0.4, -0.2) is 71.9 Å². The predicted molar refractivity (Wildman–Crippen MR) is 148 cm³/mol. The largest absolute Gasteiger partial charge is 0.495 e. The van der Waals surface area contributed by atoms with Crippen molar-refractivity contribution in [2.45, 2.75) is 26.4 Å². The quantitative estimate of drug-likeness (QED) is 0.328. The maximum absolute atomic E-state index is 12.9. The molecule has 1 aromatic carbocycles. The third kappa shape index (κ3) is 4.52. The number of ether oxygens (including phenoxy) is 1. The van der Waals surface area contributed by atoms with Crippen molar-refractivity contribution in [1.82, 2.24) is 39.4 Å². The van der Waals surface area contributed by atoms with Gasteiger partial charge < -0.3 is 10.1 Å². The number of anilines is 1. The molecule has 0 aliphatic carbocycles. The maximum atomic E-state index is 12.9. The van der Waals surface area contributed by atoms with Crippen molar-refractivity contribution in [3.8, 4) is 11.6 Å². The minimum absolute atomic E-state index is 0.212. The molecule has 0 saturated heterocycles. The fourth-order valence-corrected chi connectivity index (χ4v) is 4.88. The standard InChI is InChI=1S/C26H25ClN10O2/c1-3-37-24-18(12-32-37)22-17(11-30-24)25(36-13-20(31-15-36)26(38)35-8-4-7-28-14-35)34-33-23(22)29-10-16-5-6-21(39-2)19(27)9-16/h5-6,9,11-15H,3-4,7-8,10H2,1-2H3,(H,29,33). The second-order valence-electron chi connectivity index (χ2n) is 8.98. The number of benzene rings is 1. The number of carbonyl (C=O) groups is 1. The van der Waals surface area contributed by atoms with E-state index in [1.165, 1.54) is 0 Å². The van der Waals surface area contributed by atoms with Crippen LogP contribution in [0.5, 0.6) is 5.75 Å². The molecule has 198 valence electrons. The molecule has 4 aromatic heterocycles. The average molecular weight is 545 g/mol. The Morgan fingerprint density at radius 2 is 2.08 bits per heavy atom. The summed E-state index contributed by atoms with van der Waals surface area (Å²) in [5, 5.41) is 19.8. The minimum Gasteiger partial charge on any atom is -0.495 e. The highest BCUT2D eigenvalue weighted by Gasteiger charge is 2.21. The summed E-state index contributed by atoms with van der Waals surface area (Å²) < 4.78 is 8.78. The molecule has 1 aliphatic rings. The number of aromatic nitrogens is 7. The third-order valence-corrected chi connectivity index (χ3v) is 6.87. The molecule has 5 aromatic rings. The van der Waals surface area contributed by atoms with Gasteiger partial charge in [-0.15, -0.1) is 10.2 Å². The Labute approximate surface area is 228 Å². The lowest BCUT2D eigenvalue weighted by Gasteiger charge is -2.19. The van der Waals surface area contributed by atoms with Crippen LogP contribution in [0, 0.1) is 0 Å². The highest BCUT2D eigenvalue weighted by molar-refractivity contribution is 6.32. The molecule has 0 unspecified atom stereocenters. The van der Waals surface area contributed by atoms with Gasteiger partial charge in [-0.3, -0.25) is 19.3 Å². The Morgan fingerprint density at radius 3 is 2.85 bits per heavy atom. The highest BCUT2D eigenvalue weighted by atomic mass is 35.5. The lowest BCUT2D eigenvalue weighted by atomic mass is 10.1. The van der Waals surface area contributed by atoms with E-state index in [2.05, 4.69) is 35.6 Å². The molecular formula is C26H25ClN10O2. The van der Waals surface area contributed by atoms with Gasteiger partial charge in [0.1, 0.15) is 17.8 Å². The average Bonchev–Trinajstić information content (AvgIpc) is 3.63. The van der Waals surface area contributed by atoms with Crippen molar-refractivity contribution < 1.29 is 9.53 Å². The number of nitrogens with zero attached hydrogens (tertiary/aromatic N) is 9. The number of aryl methyl sites for hydroxylation is 1. The first-order chi connectivity index (χ1) is 19.1. The summed E-state index contributed by atoms with van der Waals surface area (Å²) >= 11 is 6.32. The molecule has 1 N–H and O–H groups in total. The summed E-state index contributed by atoms with van der Waals surface area (Å²) in [4.78, 5) is 27.7. The van der Waals surface area contributed by atoms with Crippen molar-refractivity contribution in [2.75, 3.05) is 25.5 Å². The second kappa shape index (κ2) is 10.3. The van der Waals surface area contributed by atoms with Gasteiger partial charge >= 0.3 is 0 Å². The number of halogens is 1. The van der Waals surface area contributed by atoms with E-state index < -0.39 is 0 Å². The van der Waals surface area contributed by atoms with Crippen LogP contribution in [0.25, 0.3) is 27.6 Å². The number of fused-ring (bicyclic) bond motifs is 3. The summed E-state index contributed by atoms with van der Waals surface area (Å²) in [6.45, 7) is 4.48. The lowest BCUT2D eigenvalue weighted by molar-refractivity contribution is 0.0842. The molecule has 1 amide bonds. The molecule has 0 spiro atoms. The third-order valence-electron chi connectivity index (χ3n) is 6.58. The summed E-state index contributed by atoms with van der Waals surface area (Å²) in [6, 6.07) is 5.61. The second-order valence-corrected chi connectivity index (χ2v) is 9.39. The van der Waals surface area contributed by atoms with Crippen molar-refractivity contribution in [3.63, 3.8) is 0 Å². The van der Waals surface area contributed by atoms with Crippen LogP contribution in [0.15, 0.2) is 48.1 Å². The molecule has 12 nitrogen and oxygen atoms in total. The van der Waals surface area contributed by atoms with Crippen LogP contribution < -0.4 is 10.1 Å². The van der Waals surface area contributed by atoms with Crippen LogP contribution in [0.2, 0.25) is 5.02 Å². The number of rotatable bonds is 7. The van der Waals surface area contributed by atoms with Crippen molar-refractivity contribution in [1.29, 1.82) is 0 Å². The lowest BCUT2D eigenvalue weighted by Crippen LogP contribution is -2.33. The minimum atomic E-state index is -0.212. The van der Waals surface area contributed by atoms with Crippen LogP contribution in [0.1, 0.15) is 29.4 Å². The van der Waals surface area contributed by atoms with Crippen LogP contribution in [0.4, 0.5) is 5.82 Å². The normalized spacial score (nSPS) is 13.4. The van der Waals surface area contributed by atoms with Gasteiger partial charge in [-0.25, -0.2) is 14.6 Å². The number of imidazole rings is 1. The Hall–Kier alpha value is -4.58. The number of carbonyl (C=O) groups excluding carboxylic acids is 1. The number of pyridine rings is 1. The maximum Gasteiger partial charge on any atom is 0.279 e. The van der Waals surface area contributed by atoms with Gasteiger partial charge in [-0.2, -0.15) is 5.10 Å². The fourth-order valence-electron chi connectivity index (χ4n) is 4.60. The Morgan fingerprint density at radius 1 is 1.18 bits per heavy atom. The van der Waals surface area contributed by atoms with Crippen molar-refractivity contribution in [3.05, 3.63) is 59.4 Å². The molecule has 0 radical (unpaired) electrons. The van der Waals surface area contributed by atoms with Gasteiger partial charge in [-0.1, -0.05) is 17.7 Å². The summed E-state index contributed by atoms with van der Waals surface area (Å²) in [5.41, 5.74) is 1.99. The van der Waals surface area contributed by atoms with E-state index >= 15 is 0 Å². The SMILES string of the molecule is CCn1ncc2c3c(NCc4ccc(OC)c(Cl)c4)nnc(-n4cnc(C(=O)N5C=NCCC5)c4)c3cnc21. The zero-order chi connectivity index (χ0) is 26.9. The van der Waals surface area contributed by atoms with E-state index in [0.29, 0.717) is 47.7 Å². The molecule has 1 aliphatic heterocycles. The molecule has 0 saturated carbocycles. The first kappa shape index (κ1) is 24.7. The molecule has 6 rings (SSSR count). The monoisotopic (exact) mass is 544 g/mol. The topological polar surface area (TPSA) is 128 Å². The van der Waals surface area contributed by atoms with Gasteiger partial charge in [0, 0.05) is 49.3 Å². The van der Waals surface area contributed by atoms with Crippen LogP contribution in [0.3, 0.4) is 0 Å². The van der Waals surface area contributed by atoms with Crippen molar-refractivity contribution >= 4 is 51.5 Å². The summed E-state index contributed by atoms with van der Waals surface area (Å²) in [5.74, 6) is 1.47. The first-order valence-corrected chi connectivity index (χ1v) is 12.9. The molecule has 5 heterocycles. The molecule has 39 heavy (non-hydrogen) atoms. The summed E-state index contributed by atoms with van der Waals surface area (Å²) in [7, 11) is 1.58. The molecule has 0 bridgehead atoms. The van der Waals surface area contributed by atoms with E-state index in [9.17, 15) is 4.79 Å². The Bertz CT molecular complexity index is 1730. The molecular weight excluding hydrogens is 520 g/mol. The first-order valence-electron chi connectivity index (χ1n) is 12.5. The van der Waals surface area contributed by atoms with E-state index in [1.807, 2.05) is 29.8 Å². The van der Waals surface area contributed by atoms with Crippen LogP contribution in [-0.2, 0) is 13.1 Å². The zero-order valence-electron chi connectivity index (χ0n) is 21.4. The number of amides is 1. The van der Waals surface area contributed by atoms with Gasteiger partial charge in [-0.05, 0) is 31.0 Å². The van der Waals surface area contributed by atoms with Crippen LogP contribution >= 0.6 is 11.6 Å². The van der Waals surface area contributed by atoms with Gasteiger partial charge in [0.25, 0.3) is 5.91 Å². The Kier molecular flexibility index (Phi) is 6.53.